The monoisotopic (exact) mass is 325 g/mol. The van der Waals surface area contributed by atoms with Crippen molar-refractivity contribution in [3.8, 4) is 5.75 Å². The molecule has 2 aromatic rings. The number of ketones is 1. The molecule has 2 aromatic carbocycles. The molecule has 0 fully saturated rings. The molecule has 4 nitrogen and oxygen atoms in total. The minimum absolute atomic E-state index is 0.0389. The van der Waals surface area contributed by atoms with Crippen LogP contribution in [0.5, 0.6) is 5.75 Å². The molecule has 0 aliphatic rings. The Bertz CT molecular complexity index is 720. The van der Waals surface area contributed by atoms with Crippen LogP contribution in [0.25, 0.3) is 0 Å². The second kappa shape index (κ2) is 8.29. The van der Waals surface area contributed by atoms with E-state index in [1.807, 2.05) is 32.0 Å². The quantitative estimate of drug-likeness (QED) is 0.772. The Morgan fingerprint density at radius 2 is 1.71 bits per heavy atom. The van der Waals surface area contributed by atoms with Gasteiger partial charge in [-0.3, -0.25) is 9.59 Å². The normalized spacial score (nSPS) is 10.3. The van der Waals surface area contributed by atoms with Crippen molar-refractivity contribution in [2.45, 2.75) is 33.1 Å². The van der Waals surface area contributed by atoms with Gasteiger partial charge in [0.05, 0.1) is 7.11 Å². The van der Waals surface area contributed by atoms with Gasteiger partial charge in [0.2, 0.25) is 5.91 Å². The van der Waals surface area contributed by atoms with Gasteiger partial charge in [0, 0.05) is 24.1 Å². The lowest BCUT2D eigenvalue weighted by molar-refractivity contribution is -0.116. The van der Waals surface area contributed by atoms with E-state index in [0.717, 1.165) is 22.6 Å². The summed E-state index contributed by atoms with van der Waals surface area (Å²) < 4.78 is 5.07. The molecule has 0 aromatic heterocycles. The molecule has 0 aliphatic heterocycles. The molecule has 0 saturated carbocycles. The van der Waals surface area contributed by atoms with Gasteiger partial charge in [-0.2, -0.15) is 0 Å². The third kappa shape index (κ3) is 4.95. The number of rotatable bonds is 7. The van der Waals surface area contributed by atoms with Crippen molar-refractivity contribution in [3.63, 3.8) is 0 Å². The third-order valence-corrected chi connectivity index (χ3v) is 3.88. The number of ether oxygens (including phenoxy) is 1. The molecule has 0 unspecified atom stereocenters. The average molecular weight is 325 g/mol. The lowest BCUT2D eigenvalue weighted by atomic mass is 10.0. The minimum atomic E-state index is -0.0653. The summed E-state index contributed by atoms with van der Waals surface area (Å²) >= 11 is 0. The Kier molecular flexibility index (Phi) is 6.13. The Labute approximate surface area is 142 Å². The highest BCUT2D eigenvalue weighted by atomic mass is 16.5. The van der Waals surface area contributed by atoms with Gasteiger partial charge in [-0.05, 0) is 56.2 Å². The summed E-state index contributed by atoms with van der Waals surface area (Å²) in [5, 5.41) is 2.90. The van der Waals surface area contributed by atoms with E-state index in [0.29, 0.717) is 24.8 Å². The highest BCUT2D eigenvalue weighted by Gasteiger charge is 2.09. The molecule has 24 heavy (non-hydrogen) atoms. The Balaban J connectivity index is 1.80. The first-order valence-corrected chi connectivity index (χ1v) is 8.04. The molecule has 0 saturated heterocycles. The molecule has 126 valence electrons. The highest BCUT2D eigenvalue weighted by Crippen LogP contribution is 2.17. The van der Waals surface area contributed by atoms with E-state index in [9.17, 15) is 9.59 Å². The summed E-state index contributed by atoms with van der Waals surface area (Å²) in [6.45, 7) is 3.99. The predicted molar refractivity (Wildman–Crippen MR) is 95.7 cm³/mol. The number of aryl methyl sites for hydroxylation is 2. The molecule has 1 N–H and O–H groups in total. The van der Waals surface area contributed by atoms with Crippen LogP contribution < -0.4 is 10.1 Å². The maximum atomic E-state index is 12.1. The van der Waals surface area contributed by atoms with Gasteiger partial charge in [-0.15, -0.1) is 0 Å². The van der Waals surface area contributed by atoms with E-state index in [1.165, 1.54) is 0 Å². The van der Waals surface area contributed by atoms with Gasteiger partial charge in [-0.1, -0.05) is 17.7 Å². The van der Waals surface area contributed by atoms with E-state index in [4.69, 9.17) is 4.74 Å². The Morgan fingerprint density at radius 1 is 1.00 bits per heavy atom. The van der Waals surface area contributed by atoms with E-state index in [-0.39, 0.29) is 11.7 Å². The second-order valence-electron chi connectivity index (χ2n) is 5.87. The van der Waals surface area contributed by atoms with Crippen LogP contribution in [-0.4, -0.2) is 18.8 Å². The Morgan fingerprint density at radius 3 is 2.33 bits per heavy atom. The SMILES string of the molecule is COc1ccc(C(=O)CCCC(=O)Nc2ccc(C)cc2C)cc1. The molecule has 0 heterocycles. The van der Waals surface area contributed by atoms with E-state index in [2.05, 4.69) is 5.32 Å². The minimum Gasteiger partial charge on any atom is -0.497 e. The first-order chi connectivity index (χ1) is 11.5. The van der Waals surface area contributed by atoms with Crippen LogP contribution in [0, 0.1) is 13.8 Å². The standard InChI is InChI=1S/C20H23NO3/c1-14-7-12-18(15(2)13-14)21-20(23)6-4-5-19(22)16-8-10-17(24-3)11-9-16/h7-13H,4-6H2,1-3H3,(H,21,23). The van der Waals surface area contributed by atoms with Crippen LogP contribution in [-0.2, 0) is 4.79 Å². The molecule has 0 aliphatic carbocycles. The number of hydrogen-bond donors (Lipinski definition) is 1. The van der Waals surface area contributed by atoms with Gasteiger partial charge >= 0.3 is 0 Å². The van der Waals surface area contributed by atoms with Crippen LogP contribution in [0.2, 0.25) is 0 Å². The van der Waals surface area contributed by atoms with Crippen molar-refractivity contribution in [2.24, 2.45) is 0 Å². The van der Waals surface area contributed by atoms with Gasteiger partial charge in [0.15, 0.2) is 5.78 Å². The van der Waals surface area contributed by atoms with Crippen LogP contribution in [0.15, 0.2) is 42.5 Å². The van der Waals surface area contributed by atoms with Gasteiger partial charge in [-0.25, -0.2) is 0 Å². The predicted octanol–water partition coefficient (Wildman–Crippen LogP) is 4.30. The number of methoxy groups -OCH3 is 1. The molecular formula is C20H23NO3. The molecule has 0 bridgehead atoms. The smallest absolute Gasteiger partial charge is 0.224 e. The van der Waals surface area contributed by atoms with Crippen LogP contribution in [0.3, 0.4) is 0 Å². The molecular weight excluding hydrogens is 302 g/mol. The second-order valence-corrected chi connectivity index (χ2v) is 5.87. The van der Waals surface area contributed by atoms with Gasteiger partial charge in [0.1, 0.15) is 5.75 Å². The number of anilines is 1. The topological polar surface area (TPSA) is 55.4 Å². The summed E-state index contributed by atoms with van der Waals surface area (Å²) in [6, 6.07) is 12.9. The van der Waals surface area contributed by atoms with E-state index in [1.54, 1.807) is 31.4 Å². The van der Waals surface area contributed by atoms with Crippen molar-refractivity contribution in [3.05, 3.63) is 59.2 Å². The van der Waals surface area contributed by atoms with Gasteiger partial charge < -0.3 is 10.1 Å². The zero-order valence-electron chi connectivity index (χ0n) is 14.4. The highest BCUT2D eigenvalue weighted by molar-refractivity contribution is 5.97. The van der Waals surface area contributed by atoms with Gasteiger partial charge in [0.25, 0.3) is 0 Å². The third-order valence-electron chi connectivity index (χ3n) is 3.88. The maximum Gasteiger partial charge on any atom is 0.224 e. The molecule has 2 rings (SSSR count). The first-order valence-electron chi connectivity index (χ1n) is 8.04. The summed E-state index contributed by atoms with van der Waals surface area (Å²) in [5.74, 6) is 0.695. The van der Waals surface area contributed by atoms with E-state index >= 15 is 0 Å². The molecule has 0 spiro atoms. The summed E-state index contributed by atoms with van der Waals surface area (Å²) in [7, 11) is 1.59. The van der Waals surface area contributed by atoms with Crippen LogP contribution >= 0.6 is 0 Å². The zero-order chi connectivity index (χ0) is 17.5. The van der Waals surface area contributed by atoms with Crippen molar-refractivity contribution < 1.29 is 14.3 Å². The summed E-state index contributed by atoms with van der Waals surface area (Å²) in [6.07, 6.45) is 1.21. The largest absolute Gasteiger partial charge is 0.497 e. The molecule has 0 radical (unpaired) electrons. The van der Waals surface area contributed by atoms with E-state index < -0.39 is 0 Å². The molecule has 4 heteroatoms. The number of carbonyl (C=O) groups excluding carboxylic acids is 2. The van der Waals surface area contributed by atoms with Crippen LogP contribution in [0.4, 0.5) is 5.69 Å². The fourth-order valence-corrected chi connectivity index (χ4v) is 2.50. The van der Waals surface area contributed by atoms with Crippen molar-refractivity contribution in [1.82, 2.24) is 0 Å². The number of Topliss-reactive ketones (excluding diaryl/α,β-unsaturated/α-hetero) is 1. The lowest BCUT2D eigenvalue weighted by Gasteiger charge is -2.09. The fraction of sp³-hybridized carbons (Fsp3) is 0.300. The van der Waals surface area contributed by atoms with Crippen LogP contribution in [0.1, 0.15) is 40.7 Å². The number of nitrogens with one attached hydrogen (secondary N) is 1. The summed E-state index contributed by atoms with van der Waals surface area (Å²) in [4.78, 5) is 24.1. The van der Waals surface area contributed by atoms with Crippen molar-refractivity contribution in [2.75, 3.05) is 12.4 Å². The first kappa shape index (κ1) is 17.7. The number of hydrogen-bond acceptors (Lipinski definition) is 3. The average Bonchev–Trinajstić information content (AvgIpc) is 2.57. The van der Waals surface area contributed by atoms with Crippen molar-refractivity contribution in [1.29, 1.82) is 0 Å². The maximum absolute atomic E-state index is 12.1. The fourth-order valence-electron chi connectivity index (χ4n) is 2.50. The molecule has 0 atom stereocenters. The molecule has 1 amide bonds. The Hall–Kier alpha value is -2.62. The number of benzene rings is 2. The number of carbonyl (C=O) groups is 2. The lowest BCUT2D eigenvalue weighted by Crippen LogP contribution is -2.13. The summed E-state index contributed by atoms with van der Waals surface area (Å²) in [5.41, 5.74) is 3.67. The zero-order valence-corrected chi connectivity index (χ0v) is 14.4. The number of amides is 1. The van der Waals surface area contributed by atoms with Crippen molar-refractivity contribution >= 4 is 17.4 Å².